The Morgan fingerprint density at radius 2 is 2.24 bits per heavy atom. The summed E-state index contributed by atoms with van der Waals surface area (Å²) in [6, 6.07) is 0.234. The largest absolute Gasteiger partial charge is 0.481 e. The molecule has 4 N–H and O–H groups in total. The van der Waals surface area contributed by atoms with Crippen LogP contribution >= 0.6 is 0 Å². The van der Waals surface area contributed by atoms with Crippen molar-refractivity contribution in [2.45, 2.75) is 50.8 Å². The van der Waals surface area contributed by atoms with Gasteiger partial charge in [0.15, 0.2) is 5.96 Å². The molecular weight excluding hydrogens is 272 g/mol. The van der Waals surface area contributed by atoms with Crippen LogP contribution < -0.4 is 11.1 Å². The predicted molar refractivity (Wildman–Crippen MR) is 82.2 cm³/mol. The van der Waals surface area contributed by atoms with E-state index in [9.17, 15) is 4.79 Å². The number of hydrogen-bond donors (Lipinski definition) is 3. The number of nitrogens with one attached hydrogen (secondary N) is 1. The van der Waals surface area contributed by atoms with Gasteiger partial charge in [0.05, 0.1) is 6.04 Å². The highest BCUT2D eigenvalue weighted by atomic mass is 16.5. The number of guanidine groups is 1. The molecular formula is C14H28N4O3. The molecule has 122 valence electrons. The van der Waals surface area contributed by atoms with Crippen LogP contribution in [0.15, 0.2) is 4.99 Å². The van der Waals surface area contributed by atoms with Crippen molar-refractivity contribution in [1.29, 1.82) is 0 Å². The average Bonchev–Trinajstić information content (AvgIpc) is 2.49. The lowest BCUT2D eigenvalue weighted by atomic mass is 10.0. The first-order chi connectivity index (χ1) is 10.1. The zero-order valence-corrected chi connectivity index (χ0v) is 13.0. The van der Waals surface area contributed by atoms with E-state index in [2.05, 4.69) is 10.3 Å². The Kier molecular flexibility index (Phi) is 8.07. The van der Waals surface area contributed by atoms with Gasteiger partial charge in [-0.3, -0.25) is 9.79 Å². The van der Waals surface area contributed by atoms with Gasteiger partial charge in [0.2, 0.25) is 0 Å². The molecule has 1 heterocycles. The SMILES string of the molecule is CN=C(N)N1CCCC(NC)C1OCCCCCC(=O)O. The normalized spacial score (nSPS) is 23.3. The van der Waals surface area contributed by atoms with E-state index in [4.69, 9.17) is 15.6 Å². The number of ether oxygens (including phenoxy) is 1. The number of carboxylic acids is 1. The number of unbranched alkanes of at least 4 members (excludes halogenated alkanes) is 2. The molecule has 2 atom stereocenters. The minimum absolute atomic E-state index is 0.105. The van der Waals surface area contributed by atoms with Crippen LogP contribution in [0, 0.1) is 0 Å². The Labute approximate surface area is 126 Å². The Hall–Kier alpha value is -1.34. The second-order valence-electron chi connectivity index (χ2n) is 5.28. The zero-order chi connectivity index (χ0) is 15.7. The lowest BCUT2D eigenvalue weighted by Crippen LogP contribution is -2.58. The minimum Gasteiger partial charge on any atom is -0.481 e. The number of carbonyl (C=O) groups is 1. The summed E-state index contributed by atoms with van der Waals surface area (Å²) in [5.74, 6) is -0.234. The van der Waals surface area contributed by atoms with Crippen molar-refractivity contribution in [3.63, 3.8) is 0 Å². The van der Waals surface area contributed by atoms with E-state index >= 15 is 0 Å². The van der Waals surface area contributed by atoms with E-state index < -0.39 is 5.97 Å². The lowest BCUT2D eigenvalue weighted by Gasteiger charge is -2.41. The summed E-state index contributed by atoms with van der Waals surface area (Å²) in [4.78, 5) is 16.5. The van der Waals surface area contributed by atoms with Gasteiger partial charge in [0, 0.05) is 26.6 Å². The Morgan fingerprint density at radius 3 is 2.86 bits per heavy atom. The van der Waals surface area contributed by atoms with Gasteiger partial charge < -0.3 is 25.8 Å². The van der Waals surface area contributed by atoms with Gasteiger partial charge in [-0.05, 0) is 32.7 Å². The molecule has 1 rings (SSSR count). The predicted octanol–water partition coefficient (Wildman–Crippen LogP) is 0.602. The number of nitrogens with two attached hydrogens (primary N) is 1. The maximum atomic E-state index is 10.4. The number of nitrogens with zero attached hydrogens (tertiary/aromatic N) is 2. The number of aliphatic imine (C=N–C) groups is 1. The molecule has 7 heteroatoms. The Morgan fingerprint density at radius 1 is 1.48 bits per heavy atom. The topological polar surface area (TPSA) is 100 Å². The number of aliphatic carboxylic acids is 1. The molecule has 0 bridgehead atoms. The van der Waals surface area contributed by atoms with E-state index in [1.54, 1.807) is 7.05 Å². The molecule has 0 aromatic rings. The minimum atomic E-state index is -0.739. The number of carboxylic acid groups (broad SMARTS) is 1. The van der Waals surface area contributed by atoms with E-state index in [0.717, 1.165) is 32.2 Å². The molecule has 0 amide bonds. The summed E-state index contributed by atoms with van der Waals surface area (Å²) in [5, 5.41) is 11.9. The summed E-state index contributed by atoms with van der Waals surface area (Å²) >= 11 is 0. The first-order valence-electron chi connectivity index (χ1n) is 7.59. The molecule has 0 aromatic heterocycles. The second-order valence-corrected chi connectivity index (χ2v) is 5.28. The summed E-state index contributed by atoms with van der Waals surface area (Å²) in [6.45, 7) is 1.46. The number of hydrogen-bond acceptors (Lipinski definition) is 4. The molecule has 0 aliphatic carbocycles. The van der Waals surface area contributed by atoms with Gasteiger partial charge in [0.25, 0.3) is 0 Å². The zero-order valence-electron chi connectivity index (χ0n) is 13.0. The van der Waals surface area contributed by atoms with Crippen LogP contribution in [0.25, 0.3) is 0 Å². The molecule has 1 aliphatic heterocycles. The molecule has 1 fully saturated rings. The molecule has 1 aliphatic rings. The highest BCUT2D eigenvalue weighted by Gasteiger charge is 2.32. The maximum absolute atomic E-state index is 10.4. The molecule has 2 unspecified atom stereocenters. The van der Waals surface area contributed by atoms with Crippen LogP contribution in [-0.2, 0) is 9.53 Å². The van der Waals surface area contributed by atoms with Crippen molar-refractivity contribution in [3.8, 4) is 0 Å². The fourth-order valence-corrected chi connectivity index (χ4v) is 2.59. The smallest absolute Gasteiger partial charge is 0.303 e. The van der Waals surface area contributed by atoms with Crippen LogP contribution in [0.5, 0.6) is 0 Å². The van der Waals surface area contributed by atoms with Crippen molar-refractivity contribution in [2.24, 2.45) is 10.7 Å². The van der Waals surface area contributed by atoms with E-state index in [0.29, 0.717) is 19.0 Å². The molecule has 21 heavy (non-hydrogen) atoms. The summed E-state index contributed by atoms with van der Waals surface area (Å²) in [6.07, 6.45) is 4.64. The Bertz CT molecular complexity index is 349. The van der Waals surface area contributed by atoms with E-state index in [-0.39, 0.29) is 18.7 Å². The fourth-order valence-electron chi connectivity index (χ4n) is 2.59. The maximum Gasteiger partial charge on any atom is 0.303 e. The third-order valence-electron chi connectivity index (χ3n) is 3.78. The van der Waals surface area contributed by atoms with Gasteiger partial charge in [-0.15, -0.1) is 0 Å². The molecule has 0 saturated carbocycles. The number of rotatable bonds is 8. The number of likely N-dealkylation sites (tertiary alicyclic amines) is 1. The standard InChI is InChI=1S/C14H28N4O3/c1-16-11-7-6-9-18(14(15)17-2)13(11)21-10-5-3-4-8-12(19)20/h11,13,16H,3-10H2,1-2H3,(H2,15,17)(H,19,20). The van der Waals surface area contributed by atoms with Crippen LogP contribution in [-0.4, -0.2) is 61.5 Å². The van der Waals surface area contributed by atoms with Gasteiger partial charge in [-0.1, -0.05) is 6.42 Å². The summed E-state index contributed by atoms with van der Waals surface area (Å²) in [5.41, 5.74) is 5.94. The lowest BCUT2D eigenvalue weighted by molar-refractivity contribution is -0.137. The first-order valence-corrected chi connectivity index (χ1v) is 7.59. The molecule has 7 nitrogen and oxygen atoms in total. The summed E-state index contributed by atoms with van der Waals surface area (Å²) in [7, 11) is 3.61. The van der Waals surface area contributed by atoms with Crippen LogP contribution in [0.1, 0.15) is 38.5 Å². The first kappa shape index (κ1) is 17.7. The van der Waals surface area contributed by atoms with Crippen molar-refractivity contribution < 1.29 is 14.6 Å². The fraction of sp³-hybridized carbons (Fsp3) is 0.857. The van der Waals surface area contributed by atoms with Crippen LogP contribution in [0.2, 0.25) is 0 Å². The van der Waals surface area contributed by atoms with Crippen molar-refractivity contribution in [2.75, 3.05) is 27.2 Å². The average molecular weight is 300 g/mol. The van der Waals surface area contributed by atoms with Crippen molar-refractivity contribution in [3.05, 3.63) is 0 Å². The molecule has 0 aromatic carbocycles. The Balaban J connectivity index is 2.40. The second kappa shape index (κ2) is 9.57. The molecule has 1 saturated heterocycles. The highest BCUT2D eigenvalue weighted by molar-refractivity contribution is 5.78. The summed E-state index contributed by atoms with van der Waals surface area (Å²) < 4.78 is 5.98. The van der Waals surface area contributed by atoms with Crippen LogP contribution in [0.4, 0.5) is 0 Å². The third kappa shape index (κ3) is 5.89. The van der Waals surface area contributed by atoms with Gasteiger partial charge in [-0.2, -0.15) is 0 Å². The van der Waals surface area contributed by atoms with Gasteiger partial charge >= 0.3 is 5.97 Å². The molecule has 0 spiro atoms. The van der Waals surface area contributed by atoms with E-state index in [1.807, 2.05) is 11.9 Å². The van der Waals surface area contributed by atoms with Crippen LogP contribution in [0.3, 0.4) is 0 Å². The van der Waals surface area contributed by atoms with Crippen molar-refractivity contribution >= 4 is 11.9 Å². The highest BCUT2D eigenvalue weighted by Crippen LogP contribution is 2.19. The van der Waals surface area contributed by atoms with Gasteiger partial charge in [0.1, 0.15) is 6.23 Å². The monoisotopic (exact) mass is 300 g/mol. The van der Waals surface area contributed by atoms with E-state index in [1.165, 1.54) is 0 Å². The van der Waals surface area contributed by atoms with Gasteiger partial charge in [-0.25, -0.2) is 0 Å². The molecule has 0 radical (unpaired) electrons. The number of likely N-dealkylation sites (N-methyl/N-ethyl adjacent to an activating group) is 1. The number of piperidine rings is 1. The third-order valence-corrected chi connectivity index (χ3v) is 3.78. The quantitative estimate of drug-likeness (QED) is 0.345. The van der Waals surface area contributed by atoms with Crippen molar-refractivity contribution in [1.82, 2.24) is 10.2 Å².